The number of H-pyrrole nitrogens is 1. The zero-order valence-electron chi connectivity index (χ0n) is 12.4. The average Bonchev–Trinajstić information content (AvgIpc) is 3.20. The van der Waals surface area contributed by atoms with Gasteiger partial charge in [0, 0.05) is 18.8 Å². The van der Waals surface area contributed by atoms with E-state index in [0.717, 1.165) is 16.9 Å². The fraction of sp³-hybridized carbons (Fsp3) is 0.200. The summed E-state index contributed by atoms with van der Waals surface area (Å²) in [6.07, 6.45) is 1.70. The summed E-state index contributed by atoms with van der Waals surface area (Å²) in [6, 6.07) is 9.48. The van der Waals surface area contributed by atoms with E-state index in [1.807, 2.05) is 30.3 Å². The van der Waals surface area contributed by atoms with Crippen molar-refractivity contribution < 1.29 is 9.32 Å². The Kier molecular flexibility index (Phi) is 4.72. The Morgan fingerprint density at radius 3 is 2.78 bits per heavy atom. The summed E-state index contributed by atoms with van der Waals surface area (Å²) in [6.45, 7) is 1.74. The summed E-state index contributed by atoms with van der Waals surface area (Å²) >= 11 is 1.44. The molecular weight excluding hydrogens is 314 g/mol. The molecule has 3 aromatic rings. The standard InChI is InChI=1S/C15H15N5O2S/c1-10-17-14(20-22-10)8-23-9-15(21)18-12-4-2-11(3-5-12)13-6-7-16-19-13/h2-7H,8-9H2,1H3,(H,16,19)(H,18,21). The SMILES string of the molecule is Cc1nc(CSCC(=O)Nc2ccc(-c3ccn[nH]3)cc2)no1. The third kappa shape index (κ3) is 4.19. The molecule has 3 rings (SSSR count). The van der Waals surface area contributed by atoms with Crippen molar-refractivity contribution in [2.24, 2.45) is 0 Å². The monoisotopic (exact) mass is 329 g/mol. The molecule has 0 spiro atoms. The topological polar surface area (TPSA) is 96.7 Å². The fourth-order valence-electron chi connectivity index (χ4n) is 1.98. The molecule has 0 fully saturated rings. The summed E-state index contributed by atoms with van der Waals surface area (Å²) in [5, 5.41) is 13.5. The van der Waals surface area contributed by atoms with Gasteiger partial charge in [0.2, 0.25) is 11.8 Å². The van der Waals surface area contributed by atoms with Crippen LogP contribution in [-0.2, 0) is 10.5 Å². The molecule has 8 heteroatoms. The van der Waals surface area contributed by atoms with Gasteiger partial charge in [-0.05, 0) is 23.8 Å². The molecule has 0 saturated heterocycles. The zero-order valence-corrected chi connectivity index (χ0v) is 13.3. The van der Waals surface area contributed by atoms with E-state index in [9.17, 15) is 4.79 Å². The van der Waals surface area contributed by atoms with Crippen LogP contribution in [0.4, 0.5) is 5.69 Å². The van der Waals surface area contributed by atoms with Crippen LogP contribution in [0.5, 0.6) is 0 Å². The van der Waals surface area contributed by atoms with Crippen LogP contribution in [0, 0.1) is 6.92 Å². The predicted octanol–water partition coefficient (Wildman–Crippen LogP) is 2.64. The predicted molar refractivity (Wildman–Crippen MR) is 87.9 cm³/mol. The Bertz CT molecular complexity index is 768. The summed E-state index contributed by atoms with van der Waals surface area (Å²) < 4.78 is 4.88. The minimum absolute atomic E-state index is 0.0653. The first-order valence-corrected chi connectivity index (χ1v) is 8.13. The van der Waals surface area contributed by atoms with Gasteiger partial charge in [-0.1, -0.05) is 17.3 Å². The van der Waals surface area contributed by atoms with Crippen molar-refractivity contribution in [3.63, 3.8) is 0 Å². The van der Waals surface area contributed by atoms with Crippen LogP contribution < -0.4 is 5.32 Å². The molecule has 0 aliphatic heterocycles. The van der Waals surface area contributed by atoms with Gasteiger partial charge in [-0.2, -0.15) is 10.1 Å². The third-order valence-electron chi connectivity index (χ3n) is 3.01. The highest BCUT2D eigenvalue weighted by molar-refractivity contribution is 7.99. The van der Waals surface area contributed by atoms with Crippen LogP contribution in [0.3, 0.4) is 0 Å². The highest BCUT2D eigenvalue weighted by Gasteiger charge is 2.06. The summed E-state index contributed by atoms with van der Waals surface area (Å²) in [5.41, 5.74) is 2.71. The van der Waals surface area contributed by atoms with Crippen LogP contribution in [-0.4, -0.2) is 32.0 Å². The molecule has 0 atom stereocenters. The number of hydrogen-bond acceptors (Lipinski definition) is 6. The van der Waals surface area contributed by atoms with Crippen LogP contribution in [0.1, 0.15) is 11.7 Å². The first-order valence-electron chi connectivity index (χ1n) is 6.97. The first-order chi connectivity index (χ1) is 11.2. The van der Waals surface area contributed by atoms with Crippen molar-refractivity contribution in [3.8, 4) is 11.3 Å². The number of aryl methyl sites for hydroxylation is 1. The first kappa shape index (κ1) is 15.3. The Morgan fingerprint density at radius 1 is 1.30 bits per heavy atom. The largest absolute Gasteiger partial charge is 0.340 e. The number of carbonyl (C=O) groups excluding carboxylic acids is 1. The van der Waals surface area contributed by atoms with E-state index in [0.29, 0.717) is 23.2 Å². The lowest BCUT2D eigenvalue weighted by Gasteiger charge is -2.05. The van der Waals surface area contributed by atoms with Crippen LogP contribution >= 0.6 is 11.8 Å². The van der Waals surface area contributed by atoms with Crippen LogP contribution in [0.15, 0.2) is 41.1 Å². The van der Waals surface area contributed by atoms with Gasteiger partial charge in [-0.25, -0.2) is 0 Å². The molecule has 23 heavy (non-hydrogen) atoms. The van der Waals surface area contributed by atoms with E-state index < -0.39 is 0 Å². The second-order valence-electron chi connectivity index (χ2n) is 4.82. The third-order valence-corrected chi connectivity index (χ3v) is 3.94. The molecule has 0 bridgehead atoms. The van der Waals surface area contributed by atoms with Crippen molar-refractivity contribution in [3.05, 3.63) is 48.2 Å². The number of nitrogens with zero attached hydrogens (tertiary/aromatic N) is 3. The molecule has 2 heterocycles. The van der Waals surface area contributed by atoms with Gasteiger partial charge in [0.05, 0.1) is 17.2 Å². The van der Waals surface area contributed by atoms with Crippen molar-refractivity contribution in [2.45, 2.75) is 12.7 Å². The van der Waals surface area contributed by atoms with E-state index in [2.05, 4.69) is 25.7 Å². The molecule has 2 N–H and O–H groups in total. The van der Waals surface area contributed by atoms with E-state index >= 15 is 0 Å². The number of anilines is 1. The molecular formula is C15H15N5O2S. The number of benzene rings is 1. The minimum Gasteiger partial charge on any atom is -0.340 e. The number of aromatic amines is 1. The molecule has 0 aliphatic rings. The van der Waals surface area contributed by atoms with Crippen LogP contribution in [0.2, 0.25) is 0 Å². The molecule has 7 nitrogen and oxygen atoms in total. The van der Waals surface area contributed by atoms with E-state index in [-0.39, 0.29) is 5.91 Å². The van der Waals surface area contributed by atoms with Crippen LogP contribution in [0.25, 0.3) is 11.3 Å². The molecule has 1 amide bonds. The molecule has 0 radical (unpaired) electrons. The van der Waals surface area contributed by atoms with Crippen molar-refractivity contribution >= 4 is 23.4 Å². The molecule has 0 unspecified atom stereocenters. The van der Waals surface area contributed by atoms with Crippen molar-refractivity contribution in [2.75, 3.05) is 11.1 Å². The number of thioether (sulfide) groups is 1. The molecule has 2 aromatic heterocycles. The average molecular weight is 329 g/mol. The fourth-order valence-corrected chi connectivity index (χ4v) is 2.64. The lowest BCUT2D eigenvalue weighted by molar-refractivity contribution is -0.113. The van der Waals surface area contributed by atoms with Gasteiger partial charge in [0.1, 0.15) is 0 Å². The maximum Gasteiger partial charge on any atom is 0.234 e. The number of carbonyl (C=O) groups is 1. The highest BCUT2D eigenvalue weighted by Crippen LogP contribution is 2.19. The van der Waals surface area contributed by atoms with E-state index in [1.54, 1.807) is 13.1 Å². The number of rotatable bonds is 6. The van der Waals surface area contributed by atoms with Gasteiger partial charge >= 0.3 is 0 Å². The number of amides is 1. The Balaban J connectivity index is 1.48. The second kappa shape index (κ2) is 7.10. The van der Waals surface area contributed by atoms with Gasteiger partial charge in [-0.15, -0.1) is 11.8 Å². The Morgan fingerprint density at radius 2 is 2.13 bits per heavy atom. The molecule has 1 aromatic carbocycles. The highest BCUT2D eigenvalue weighted by atomic mass is 32.2. The maximum atomic E-state index is 11.9. The van der Waals surface area contributed by atoms with Gasteiger partial charge < -0.3 is 9.84 Å². The summed E-state index contributed by atoms with van der Waals surface area (Å²) in [7, 11) is 0. The molecule has 118 valence electrons. The zero-order chi connectivity index (χ0) is 16.1. The molecule has 0 aliphatic carbocycles. The second-order valence-corrected chi connectivity index (χ2v) is 5.80. The van der Waals surface area contributed by atoms with Gasteiger partial charge in [-0.3, -0.25) is 9.89 Å². The quantitative estimate of drug-likeness (QED) is 0.721. The van der Waals surface area contributed by atoms with Crippen molar-refractivity contribution in [1.82, 2.24) is 20.3 Å². The van der Waals surface area contributed by atoms with E-state index in [4.69, 9.17) is 4.52 Å². The number of aromatic nitrogens is 4. The summed E-state index contributed by atoms with van der Waals surface area (Å²) in [4.78, 5) is 16.0. The number of hydrogen-bond donors (Lipinski definition) is 2. The summed E-state index contributed by atoms with van der Waals surface area (Å²) in [5.74, 6) is 1.94. The van der Waals surface area contributed by atoms with Crippen molar-refractivity contribution in [1.29, 1.82) is 0 Å². The smallest absolute Gasteiger partial charge is 0.234 e. The van der Waals surface area contributed by atoms with E-state index in [1.165, 1.54) is 11.8 Å². The van der Waals surface area contributed by atoms with Gasteiger partial charge in [0.15, 0.2) is 5.82 Å². The van der Waals surface area contributed by atoms with Gasteiger partial charge in [0.25, 0.3) is 0 Å². The Hall–Kier alpha value is -2.61. The molecule has 0 saturated carbocycles. The lowest BCUT2D eigenvalue weighted by Crippen LogP contribution is -2.14. The Labute approximate surface area is 136 Å². The normalized spacial score (nSPS) is 10.7. The number of nitrogens with one attached hydrogen (secondary N) is 2. The lowest BCUT2D eigenvalue weighted by atomic mass is 10.1. The minimum atomic E-state index is -0.0653. The maximum absolute atomic E-state index is 11.9.